The van der Waals surface area contributed by atoms with Gasteiger partial charge in [0.25, 0.3) is 21.8 Å². The molecule has 3 aromatic rings. The van der Waals surface area contributed by atoms with Crippen molar-refractivity contribution < 1.29 is 18.0 Å². The van der Waals surface area contributed by atoms with Crippen LogP contribution in [0.5, 0.6) is 0 Å². The number of hydrogen-bond donors (Lipinski definition) is 3. The van der Waals surface area contributed by atoms with E-state index >= 15 is 0 Å². The molecule has 0 spiro atoms. The van der Waals surface area contributed by atoms with Gasteiger partial charge in [0.05, 0.1) is 21.7 Å². The van der Waals surface area contributed by atoms with Crippen molar-refractivity contribution in [1.29, 1.82) is 0 Å². The summed E-state index contributed by atoms with van der Waals surface area (Å²) in [4.78, 5) is 28.9. The fraction of sp³-hybridized carbons (Fsp3) is 0.250. The van der Waals surface area contributed by atoms with Crippen LogP contribution in [0.3, 0.4) is 0 Å². The molecular weight excluding hydrogens is 472 g/mol. The Balaban J connectivity index is 1.62. The summed E-state index contributed by atoms with van der Waals surface area (Å²) in [5.74, 6) is -1.12. The van der Waals surface area contributed by atoms with Gasteiger partial charge in [-0.3, -0.25) is 19.2 Å². The van der Waals surface area contributed by atoms with Gasteiger partial charge in [0, 0.05) is 18.0 Å². The molecule has 0 atom stereocenters. The number of nitrogens with one attached hydrogen (secondary N) is 2. The number of amides is 2. The van der Waals surface area contributed by atoms with Gasteiger partial charge in [0.15, 0.2) is 0 Å². The summed E-state index contributed by atoms with van der Waals surface area (Å²) in [6.07, 6.45) is 1.72. The molecule has 2 aromatic carbocycles. The summed E-state index contributed by atoms with van der Waals surface area (Å²) in [5.41, 5.74) is 7.18. The summed E-state index contributed by atoms with van der Waals surface area (Å²) < 4.78 is 28.1. The molecule has 10 heteroatoms. The van der Waals surface area contributed by atoms with E-state index in [-0.39, 0.29) is 16.1 Å². The lowest BCUT2D eigenvalue weighted by Crippen LogP contribution is -2.31. The third-order valence-electron chi connectivity index (χ3n) is 5.62. The Labute approximate surface area is 202 Å². The second-order valence-electron chi connectivity index (χ2n) is 8.02. The minimum atomic E-state index is -3.88. The second kappa shape index (κ2) is 9.96. The van der Waals surface area contributed by atoms with Gasteiger partial charge >= 0.3 is 0 Å². The zero-order chi connectivity index (χ0) is 24.3. The summed E-state index contributed by atoms with van der Waals surface area (Å²) in [7, 11) is -3.88. The molecule has 0 radical (unpaired) electrons. The van der Waals surface area contributed by atoms with Crippen LogP contribution in [0.25, 0.3) is 0 Å². The molecule has 0 unspecified atom stereocenters. The first-order valence-electron chi connectivity index (χ1n) is 10.9. The van der Waals surface area contributed by atoms with Crippen molar-refractivity contribution >= 4 is 43.9 Å². The molecule has 8 nitrogen and oxygen atoms in total. The summed E-state index contributed by atoms with van der Waals surface area (Å²) in [6.45, 7) is 4.61. The van der Waals surface area contributed by atoms with Crippen LogP contribution in [0.15, 0.2) is 59.5 Å². The van der Waals surface area contributed by atoms with Gasteiger partial charge in [0.1, 0.15) is 5.00 Å². The van der Waals surface area contributed by atoms with Crippen LogP contribution in [0.2, 0.25) is 0 Å². The van der Waals surface area contributed by atoms with Crippen LogP contribution in [0, 0.1) is 0 Å². The van der Waals surface area contributed by atoms with E-state index in [2.05, 4.69) is 21.9 Å². The van der Waals surface area contributed by atoms with Crippen molar-refractivity contribution in [2.45, 2.75) is 31.2 Å². The Morgan fingerprint density at radius 2 is 1.79 bits per heavy atom. The molecule has 1 aliphatic heterocycles. The number of hydrogen-bond acceptors (Lipinski definition) is 6. The predicted octanol–water partition coefficient (Wildman–Crippen LogP) is 3.67. The van der Waals surface area contributed by atoms with Crippen molar-refractivity contribution in [2.75, 3.05) is 23.1 Å². The Morgan fingerprint density at radius 3 is 2.50 bits per heavy atom. The molecule has 178 valence electrons. The van der Waals surface area contributed by atoms with Gasteiger partial charge in [-0.15, -0.1) is 11.3 Å². The molecule has 0 aliphatic carbocycles. The van der Waals surface area contributed by atoms with E-state index in [1.165, 1.54) is 35.6 Å². The SMILES string of the molecule is CCCN1CCc2c(sc(NC(=O)c3ccccc3NS(=O)(=O)c3ccccc3)c2C(N)=O)C1. The lowest BCUT2D eigenvalue weighted by atomic mass is 10.0. The maximum atomic E-state index is 13.2. The number of rotatable bonds is 8. The molecule has 1 aliphatic rings. The first kappa shape index (κ1) is 23.9. The number of carbonyl (C=O) groups is 2. The van der Waals surface area contributed by atoms with Crippen LogP contribution in [0.4, 0.5) is 10.7 Å². The molecule has 4 rings (SSSR count). The zero-order valence-corrected chi connectivity index (χ0v) is 20.3. The Hall–Kier alpha value is -3.21. The first-order chi connectivity index (χ1) is 16.3. The van der Waals surface area contributed by atoms with E-state index in [1.54, 1.807) is 30.3 Å². The fourth-order valence-electron chi connectivity index (χ4n) is 4.06. The average Bonchev–Trinajstić information content (AvgIpc) is 3.17. The van der Waals surface area contributed by atoms with Gasteiger partial charge in [-0.1, -0.05) is 37.3 Å². The number of benzene rings is 2. The van der Waals surface area contributed by atoms with Crippen molar-refractivity contribution in [3.05, 3.63) is 76.2 Å². The molecule has 0 saturated carbocycles. The normalized spacial score (nSPS) is 13.8. The number of nitrogens with zero attached hydrogens (tertiary/aromatic N) is 1. The minimum Gasteiger partial charge on any atom is -0.365 e. The van der Waals surface area contributed by atoms with Gasteiger partial charge in [-0.05, 0) is 49.2 Å². The molecule has 4 N–H and O–H groups in total. The number of anilines is 2. The van der Waals surface area contributed by atoms with Gasteiger partial charge < -0.3 is 11.1 Å². The van der Waals surface area contributed by atoms with Crippen molar-refractivity contribution in [2.24, 2.45) is 5.73 Å². The second-order valence-corrected chi connectivity index (χ2v) is 10.8. The maximum absolute atomic E-state index is 13.2. The zero-order valence-electron chi connectivity index (χ0n) is 18.7. The van der Waals surface area contributed by atoms with Gasteiger partial charge in [-0.25, -0.2) is 8.42 Å². The van der Waals surface area contributed by atoms with Gasteiger partial charge in [-0.2, -0.15) is 0 Å². The van der Waals surface area contributed by atoms with Crippen LogP contribution in [0.1, 0.15) is 44.5 Å². The molecule has 2 heterocycles. The number of carbonyl (C=O) groups excluding carboxylic acids is 2. The topological polar surface area (TPSA) is 122 Å². The Morgan fingerprint density at radius 1 is 1.09 bits per heavy atom. The lowest BCUT2D eigenvalue weighted by Gasteiger charge is -2.26. The predicted molar refractivity (Wildman–Crippen MR) is 134 cm³/mol. The Bertz CT molecular complexity index is 1320. The quantitative estimate of drug-likeness (QED) is 0.438. The number of nitrogens with two attached hydrogens (primary N) is 1. The van der Waals surface area contributed by atoms with Crippen LogP contribution >= 0.6 is 11.3 Å². The lowest BCUT2D eigenvalue weighted by molar-refractivity contribution is 0.1000. The highest BCUT2D eigenvalue weighted by Crippen LogP contribution is 2.37. The molecule has 1 aromatic heterocycles. The highest BCUT2D eigenvalue weighted by Gasteiger charge is 2.28. The molecular formula is C24H26N4O4S2. The van der Waals surface area contributed by atoms with Crippen LogP contribution < -0.4 is 15.8 Å². The third kappa shape index (κ3) is 4.98. The largest absolute Gasteiger partial charge is 0.365 e. The number of fused-ring (bicyclic) bond motifs is 1. The number of primary amides is 1. The van der Waals surface area contributed by atoms with Crippen LogP contribution in [-0.2, 0) is 23.0 Å². The molecule has 0 saturated heterocycles. The van der Waals surface area contributed by atoms with E-state index < -0.39 is 21.8 Å². The summed E-state index contributed by atoms with van der Waals surface area (Å²) >= 11 is 1.35. The van der Waals surface area contributed by atoms with Crippen molar-refractivity contribution in [3.8, 4) is 0 Å². The number of para-hydroxylation sites is 1. The highest BCUT2D eigenvalue weighted by atomic mass is 32.2. The monoisotopic (exact) mass is 498 g/mol. The smallest absolute Gasteiger partial charge is 0.261 e. The molecule has 34 heavy (non-hydrogen) atoms. The molecule has 0 bridgehead atoms. The average molecular weight is 499 g/mol. The minimum absolute atomic E-state index is 0.0868. The van der Waals surface area contributed by atoms with E-state index in [0.717, 1.165) is 30.0 Å². The standard InChI is InChI=1S/C24H26N4O4S2/c1-2-13-28-14-12-18-20(15-28)33-24(21(18)22(25)29)26-23(30)17-10-6-7-11-19(17)27-34(31,32)16-8-4-3-5-9-16/h3-11,27H,2,12-15H2,1H3,(H2,25,29)(H,26,30). The van der Waals surface area contributed by atoms with Crippen LogP contribution in [-0.4, -0.2) is 38.2 Å². The van der Waals surface area contributed by atoms with Crippen molar-refractivity contribution in [1.82, 2.24) is 4.90 Å². The molecule has 0 fully saturated rings. The van der Waals surface area contributed by atoms with Gasteiger partial charge in [0.2, 0.25) is 0 Å². The summed E-state index contributed by atoms with van der Waals surface area (Å²) in [5, 5.41) is 3.19. The van der Waals surface area contributed by atoms with Crippen molar-refractivity contribution in [3.63, 3.8) is 0 Å². The van der Waals surface area contributed by atoms with E-state index in [9.17, 15) is 18.0 Å². The third-order valence-corrected chi connectivity index (χ3v) is 8.13. The number of sulfonamides is 1. The maximum Gasteiger partial charge on any atom is 0.261 e. The Kier molecular flexibility index (Phi) is 7.01. The highest BCUT2D eigenvalue weighted by molar-refractivity contribution is 7.92. The van der Waals surface area contributed by atoms with E-state index in [0.29, 0.717) is 23.5 Å². The fourth-order valence-corrected chi connectivity index (χ4v) is 6.45. The molecule has 2 amide bonds. The number of thiophene rings is 1. The van der Waals surface area contributed by atoms with E-state index in [4.69, 9.17) is 5.73 Å². The first-order valence-corrected chi connectivity index (χ1v) is 13.2. The summed E-state index contributed by atoms with van der Waals surface area (Å²) in [6, 6.07) is 14.2. The van der Waals surface area contributed by atoms with E-state index in [1.807, 2.05) is 0 Å².